The third-order valence-electron chi connectivity index (χ3n) is 3.29. The van der Waals surface area contributed by atoms with Crippen LogP contribution < -0.4 is 0 Å². The molecule has 0 bridgehead atoms. The van der Waals surface area contributed by atoms with Gasteiger partial charge in [-0.05, 0) is 18.6 Å². The van der Waals surface area contributed by atoms with Crippen LogP contribution in [0.1, 0.15) is 12.5 Å². The number of carbonyl (C=O) groups excluding carboxylic acids is 2. The SMILES string of the molecule is CCOC(=O)C=C[C@@H]1CN(C(=O)OCc2ccccc2)CCO1. The molecule has 1 atom stereocenters. The zero-order chi connectivity index (χ0) is 16.5. The summed E-state index contributed by atoms with van der Waals surface area (Å²) in [5.41, 5.74) is 0.938. The molecule has 1 fully saturated rings. The van der Waals surface area contributed by atoms with Crippen molar-refractivity contribution in [1.82, 2.24) is 4.90 Å². The molecule has 1 saturated heterocycles. The molecule has 0 N–H and O–H groups in total. The number of nitrogens with zero attached hydrogens (tertiary/aromatic N) is 1. The number of rotatable bonds is 5. The molecule has 0 radical (unpaired) electrons. The molecule has 1 aliphatic heterocycles. The Balaban J connectivity index is 1.80. The predicted octanol–water partition coefficient (Wildman–Crippen LogP) is 2.14. The lowest BCUT2D eigenvalue weighted by molar-refractivity contribution is -0.137. The maximum atomic E-state index is 12.1. The van der Waals surface area contributed by atoms with E-state index < -0.39 is 5.97 Å². The Morgan fingerprint density at radius 3 is 2.83 bits per heavy atom. The molecule has 0 unspecified atom stereocenters. The molecule has 124 valence electrons. The molecular weight excluding hydrogens is 298 g/mol. The summed E-state index contributed by atoms with van der Waals surface area (Å²) in [6, 6.07) is 9.50. The molecule has 1 heterocycles. The topological polar surface area (TPSA) is 65.1 Å². The first-order valence-corrected chi connectivity index (χ1v) is 7.61. The van der Waals surface area contributed by atoms with Crippen molar-refractivity contribution in [2.75, 3.05) is 26.3 Å². The number of ether oxygens (including phenoxy) is 3. The van der Waals surface area contributed by atoms with Crippen LogP contribution in [0, 0.1) is 0 Å². The molecule has 0 saturated carbocycles. The van der Waals surface area contributed by atoms with Gasteiger partial charge in [-0.25, -0.2) is 9.59 Å². The summed E-state index contributed by atoms with van der Waals surface area (Å²) in [6.07, 6.45) is 2.21. The molecule has 1 aromatic carbocycles. The maximum absolute atomic E-state index is 12.1. The number of hydrogen-bond acceptors (Lipinski definition) is 5. The van der Waals surface area contributed by atoms with E-state index in [0.29, 0.717) is 26.3 Å². The molecule has 2 rings (SSSR count). The lowest BCUT2D eigenvalue weighted by atomic mass is 10.2. The van der Waals surface area contributed by atoms with Gasteiger partial charge in [-0.2, -0.15) is 0 Å². The average Bonchev–Trinajstić information content (AvgIpc) is 2.59. The van der Waals surface area contributed by atoms with Gasteiger partial charge in [0.25, 0.3) is 0 Å². The Morgan fingerprint density at radius 1 is 1.30 bits per heavy atom. The van der Waals surface area contributed by atoms with Crippen molar-refractivity contribution in [2.24, 2.45) is 0 Å². The molecular formula is C17H21NO5. The minimum Gasteiger partial charge on any atom is -0.463 e. The average molecular weight is 319 g/mol. The fourth-order valence-corrected chi connectivity index (χ4v) is 2.14. The zero-order valence-electron chi connectivity index (χ0n) is 13.1. The minimum atomic E-state index is -0.417. The second-order valence-electron chi connectivity index (χ2n) is 5.01. The van der Waals surface area contributed by atoms with Crippen molar-refractivity contribution in [3.8, 4) is 0 Å². The predicted molar refractivity (Wildman–Crippen MR) is 83.7 cm³/mol. The largest absolute Gasteiger partial charge is 0.463 e. The van der Waals surface area contributed by atoms with E-state index in [4.69, 9.17) is 14.2 Å². The van der Waals surface area contributed by atoms with Crippen molar-refractivity contribution < 1.29 is 23.8 Å². The summed E-state index contributed by atoms with van der Waals surface area (Å²) in [4.78, 5) is 25.0. The number of benzene rings is 1. The van der Waals surface area contributed by atoms with E-state index in [1.54, 1.807) is 17.9 Å². The first-order valence-electron chi connectivity index (χ1n) is 7.61. The van der Waals surface area contributed by atoms with Gasteiger partial charge < -0.3 is 19.1 Å². The summed E-state index contributed by atoms with van der Waals surface area (Å²) >= 11 is 0. The third-order valence-corrected chi connectivity index (χ3v) is 3.29. The van der Waals surface area contributed by atoms with Gasteiger partial charge in [-0.15, -0.1) is 0 Å². The smallest absolute Gasteiger partial charge is 0.410 e. The monoisotopic (exact) mass is 319 g/mol. The molecule has 23 heavy (non-hydrogen) atoms. The fraction of sp³-hybridized carbons (Fsp3) is 0.412. The Hall–Kier alpha value is -2.34. The third kappa shape index (κ3) is 5.75. The van der Waals surface area contributed by atoms with Crippen molar-refractivity contribution in [2.45, 2.75) is 19.6 Å². The number of amides is 1. The minimum absolute atomic E-state index is 0.236. The normalized spacial score (nSPS) is 18.0. The number of morpholine rings is 1. The maximum Gasteiger partial charge on any atom is 0.410 e. The highest BCUT2D eigenvalue weighted by atomic mass is 16.6. The van der Waals surface area contributed by atoms with Crippen LogP contribution in [0.4, 0.5) is 4.79 Å². The first-order chi connectivity index (χ1) is 11.2. The second-order valence-corrected chi connectivity index (χ2v) is 5.01. The van der Waals surface area contributed by atoms with Crippen LogP contribution in [0.15, 0.2) is 42.5 Å². The van der Waals surface area contributed by atoms with E-state index in [9.17, 15) is 9.59 Å². The van der Waals surface area contributed by atoms with Crippen LogP contribution in [-0.4, -0.2) is 49.4 Å². The van der Waals surface area contributed by atoms with Crippen LogP contribution in [0.25, 0.3) is 0 Å². The summed E-state index contributed by atoms with van der Waals surface area (Å²) in [7, 11) is 0. The van der Waals surface area contributed by atoms with Crippen molar-refractivity contribution in [3.63, 3.8) is 0 Å². The van der Waals surface area contributed by atoms with E-state index in [1.807, 2.05) is 30.3 Å². The van der Waals surface area contributed by atoms with Gasteiger partial charge in [-0.1, -0.05) is 30.3 Å². The van der Waals surface area contributed by atoms with Gasteiger partial charge in [0, 0.05) is 12.6 Å². The summed E-state index contributed by atoms with van der Waals surface area (Å²) < 4.78 is 15.6. The highest BCUT2D eigenvalue weighted by Crippen LogP contribution is 2.10. The molecule has 1 aromatic rings. The van der Waals surface area contributed by atoms with Gasteiger partial charge in [0.15, 0.2) is 0 Å². The van der Waals surface area contributed by atoms with Gasteiger partial charge in [-0.3, -0.25) is 0 Å². The van der Waals surface area contributed by atoms with Crippen molar-refractivity contribution in [3.05, 3.63) is 48.0 Å². The Morgan fingerprint density at radius 2 is 2.09 bits per heavy atom. The van der Waals surface area contributed by atoms with Gasteiger partial charge >= 0.3 is 12.1 Å². The summed E-state index contributed by atoms with van der Waals surface area (Å²) in [5.74, 6) is -0.417. The van der Waals surface area contributed by atoms with Crippen LogP contribution in [0.3, 0.4) is 0 Å². The molecule has 1 amide bonds. The van der Waals surface area contributed by atoms with Gasteiger partial charge in [0.2, 0.25) is 0 Å². The molecule has 6 nitrogen and oxygen atoms in total. The lowest BCUT2D eigenvalue weighted by Gasteiger charge is -2.30. The molecule has 0 spiro atoms. The van der Waals surface area contributed by atoms with E-state index in [0.717, 1.165) is 5.56 Å². The molecule has 0 aromatic heterocycles. The van der Waals surface area contributed by atoms with E-state index in [1.165, 1.54) is 6.08 Å². The van der Waals surface area contributed by atoms with Crippen molar-refractivity contribution in [1.29, 1.82) is 0 Å². The Kier molecular flexibility index (Phi) is 6.62. The van der Waals surface area contributed by atoms with Crippen LogP contribution in [0.5, 0.6) is 0 Å². The fourth-order valence-electron chi connectivity index (χ4n) is 2.14. The van der Waals surface area contributed by atoms with Crippen LogP contribution >= 0.6 is 0 Å². The van der Waals surface area contributed by atoms with Crippen molar-refractivity contribution >= 4 is 12.1 Å². The Labute approximate surface area is 135 Å². The molecule has 1 aliphatic rings. The number of carbonyl (C=O) groups is 2. The van der Waals surface area contributed by atoms with Gasteiger partial charge in [0.05, 0.1) is 25.9 Å². The highest BCUT2D eigenvalue weighted by Gasteiger charge is 2.24. The van der Waals surface area contributed by atoms with E-state index in [2.05, 4.69) is 0 Å². The molecule has 0 aliphatic carbocycles. The standard InChI is InChI=1S/C17H21NO5/c1-2-21-16(19)9-8-15-12-18(10-11-22-15)17(20)23-13-14-6-4-3-5-7-14/h3-9,15H,2,10-13H2,1H3/t15-/m1/s1. The Bertz CT molecular complexity index is 543. The number of esters is 1. The van der Waals surface area contributed by atoms with Crippen LogP contribution in [0.2, 0.25) is 0 Å². The summed E-state index contributed by atoms with van der Waals surface area (Å²) in [5, 5.41) is 0. The zero-order valence-corrected chi connectivity index (χ0v) is 13.1. The number of hydrogen-bond donors (Lipinski definition) is 0. The molecule has 6 heteroatoms. The van der Waals surface area contributed by atoms with E-state index >= 15 is 0 Å². The van der Waals surface area contributed by atoms with E-state index in [-0.39, 0.29) is 18.8 Å². The quantitative estimate of drug-likeness (QED) is 0.614. The highest BCUT2D eigenvalue weighted by molar-refractivity contribution is 5.82. The second kappa shape index (κ2) is 8.95. The first kappa shape index (κ1) is 17.0. The van der Waals surface area contributed by atoms with Crippen LogP contribution in [-0.2, 0) is 25.6 Å². The van der Waals surface area contributed by atoms with Gasteiger partial charge in [0.1, 0.15) is 6.61 Å². The summed E-state index contributed by atoms with van der Waals surface area (Å²) in [6.45, 7) is 3.53. The lowest BCUT2D eigenvalue weighted by Crippen LogP contribution is -2.45.